The van der Waals surface area contributed by atoms with E-state index in [2.05, 4.69) is 19.2 Å². The first-order chi connectivity index (χ1) is 14.5. The predicted octanol–water partition coefficient (Wildman–Crippen LogP) is 5.03. The molecule has 0 spiro atoms. The number of anilines is 1. The van der Waals surface area contributed by atoms with Crippen LogP contribution in [0.15, 0.2) is 24.4 Å². The smallest absolute Gasteiger partial charge is 0.250 e. The summed E-state index contributed by atoms with van der Waals surface area (Å²) < 4.78 is 29.1. The number of alkyl halides is 2. The minimum Gasteiger partial charge on any atom is -0.382 e. The van der Waals surface area contributed by atoms with E-state index < -0.39 is 11.8 Å². The molecule has 0 aliphatic heterocycles. The Morgan fingerprint density at radius 1 is 1.19 bits per heavy atom. The molecule has 2 aliphatic carbocycles. The van der Waals surface area contributed by atoms with Gasteiger partial charge in [-0.15, -0.1) is 0 Å². The quantitative estimate of drug-likeness (QED) is 0.716. The molecule has 0 bridgehead atoms. The lowest BCUT2D eigenvalue weighted by molar-refractivity contribution is -0.0361. The van der Waals surface area contributed by atoms with Gasteiger partial charge in [-0.1, -0.05) is 13.8 Å². The molecule has 1 fully saturated rings. The number of carbonyl (C=O) groups is 2. The number of nitrogens with zero attached hydrogens (tertiary/aromatic N) is 1. The minimum atomic E-state index is -2.62. The summed E-state index contributed by atoms with van der Waals surface area (Å²) >= 11 is 0. The van der Waals surface area contributed by atoms with E-state index in [0.717, 1.165) is 28.9 Å². The fraction of sp³-hybridized carbons (Fsp3) is 0.500. The highest BCUT2D eigenvalue weighted by molar-refractivity contribution is 6.01. The Morgan fingerprint density at radius 2 is 1.87 bits per heavy atom. The number of primary amides is 1. The number of nitrogens with one attached hydrogen (secondary N) is 1. The molecular formula is C24H29F2N3O2. The molecule has 2 aromatic rings. The number of aryl methyl sites for hydroxylation is 1. The number of rotatable bonds is 4. The van der Waals surface area contributed by atoms with Crippen molar-refractivity contribution in [2.24, 2.45) is 11.1 Å². The van der Waals surface area contributed by atoms with Crippen molar-refractivity contribution >= 4 is 17.4 Å². The van der Waals surface area contributed by atoms with Gasteiger partial charge >= 0.3 is 0 Å². The first-order valence-electron chi connectivity index (χ1n) is 10.8. The van der Waals surface area contributed by atoms with E-state index in [4.69, 9.17) is 5.73 Å². The zero-order chi connectivity index (χ0) is 22.6. The van der Waals surface area contributed by atoms with Gasteiger partial charge in [-0.2, -0.15) is 0 Å². The summed E-state index contributed by atoms with van der Waals surface area (Å²) in [6, 6.07) is 5.16. The summed E-state index contributed by atoms with van der Waals surface area (Å²) in [5.74, 6) is -3.04. The number of nitrogens with two attached hydrogens (primary N) is 1. The third-order valence-electron chi connectivity index (χ3n) is 6.48. The molecule has 0 atom stereocenters. The number of hydrogen-bond donors (Lipinski definition) is 2. The summed E-state index contributed by atoms with van der Waals surface area (Å²) in [4.78, 5) is 24.7. The number of amides is 1. The van der Waals surface area contributed by atoms with Crippen molar-refractivity contribution in [1.82, 2.24) is 4.57 Å². The van der Waals surface area contributed by atoms with Crippen LogP contribution in [0.5, 0.6) is 0 Å². The zero-order valence-electron chi connectivity index (χ0n) is 18.2. The summed E-state index contributed by atoms with van der Waals surface area (Å²) in [6.45, 7) is 6.11. The normalized spacial score (nSPS) is 20.4. The molecular weight excluding hydrogens is 400 g/mol. The highest BCUT2D eigenvalue weighted by Crippen LogP contribution is 2.39. The standard InChI is InChI=1S/C24H29F2N3O2/c1-14-13-29(19-11-23(2,3)12-20(30)21(14)19)16-4-5-17(22(27)31)18(10-16)28-15-6-8-24(25,26)9-7-15/h4-5,10,13,15,28H,6-9,11-12H2,1-3H3,(H2,27,31). The van der Waals surface area contributed by atoms with Crippen LogP contribution in [0.2, 0.25) is 0 Å². The molecule has 0 radical (unpaired) electrons. The number of benzene rings is 1. The van der Waals surface area contributed by atoms with Gasteiger partial charge in [0.1, 0.15) is 0 Å². The second-order valence-corrected chi connectivity index (χ2v) is 9.81. The number of Topliss-reactive ketones (excluding diaryl/α,β-unsaturated/α-hetero) is 1. The van der Waals surface area contributed by atoms with Gasteiger partial charge < -0.3 is 15.6 Å². The summed E-state index contributed by atoms with van der Waals surface area (Å²) in [6.07, 6.45) is 3.56. The lowest BCUT2D eigenvalue weighted by Crippen LogP contribution is -2.32. The van der Waals surface area contributed by atoms with Crippen LogP contribution in [0.3, 0.4) is 0 Å². The highest BCUT2D eigenvalue weighted by atomic mass is 19.3. The van der Waals surface area contributed by atoms with Crippen molar-refractivity contribution in [3.8, 4) is 5.69 Å². The van der Waals surface area contributed by atoms with Crippen molar-refractivity contribution in [3.05, 3.63) is 46.8 Å². The van der Waals surface area contributed by atoms with E-state index in [9.17, 15) is 18.4 Å². The Balaban J connectivity index is 1.71. The summed E-state index contributed by atoms with van der Waals surface area (Å²) in [5, 5.41) is 3.28. The van der Waals surface area contributed by atoms with E-state index in [1.54, 1.807) is 6.07 Å². The number of ketones is 1. The van der Waals surface area contributed by atoms with Crippen LogP contribution in [-0.4, -0.2) is 28.2 Å². The van der Waals surface area contributed by atoms with E-state index in [1.807, 2.05) is 29.8 Å². The maximum Gasteiger partial charge on any atom is 0.250 e. The Bertz CT molecular complexity index is 1050. The van der Waals surface area contributed by atoms with Crippen LogP contribution >= 0.6 is 0 Å². The van der Waals surface area contributed by atoms with Crippen molar-refractivity contribution in [3.63, 3.8) is 0 Å². The molecule has 4 rings (SSSR count). The lowest BCUT2D eigenvalue weighted by atomic mass is 9.75. The second kappa shape index (κ2) is 7.46. The number of hydrogen-bond acceptors (Lipinski definition) is 3. The van der Waals surface area contributed by atoms with E-state index in [0.29, 0.717) is 30.5 Å². The number of aromatic nitrogens is 1. The van der Waals surface area contributed by atoms with E-state index >= 15 is 0 Å². The monoisotopic (exact) mass is 429 g/mol. The lowest BCUT2D eigenvalue weighted by Gasteiger charge is -2.31. The Kier molecular flexibility index (Phi) is 5.18. The summed E-state index contributed by atoms with van der Waals surface area (Å²) in [7, 11) is 0. The third kappa shape index (κ3) is 4.23. The van der Waals surface area contributed by atoms with Gasteiger partial charge in [-0.25, -0.2) is 8.78 Å². The molecule has 0 saturated heterocycles. The zero-order valence-corrected chi connectivity index (χ0v) is 18.2. The average Bonchev–Trinajstić information content (AvgIpc) is 2.98. The number of halogens is 2. The maximum atomic E-state index is 13.5. The largest absolute Gasteiger partial charge is 0.382 e. The molecule has 1 aromatic heterocycles. The first-order valence-corrected chi connectivity index (χ1v) is 10.8. The van der Waals surface area contributed by atoms with Crippen molar-refractivity contribution < 1.29 is 18.4 Å². The van der Waals surface area contributed by atoms with Gasteiger partial charge in [0.05, 0.1) is 5.56 Å². The van der Waals surface area contributed by atoms with Gasteiger partial charge in [0.2, 0.25) is 5.92 Å². The highest BCUT2D eigenvalue weighted by Gasteiger charge is 2.36. The van der Waals surface area contributed by atoms with Gasteiger partial charge in [-0.05, 0) is 55.4 Å². The van der Waals surface area contributed by atoms with Crippen LogP contribution in [0.25, 0.3) is 5.69 Å². The number of fused-ring (bicyclic) bond motifs is 1. The molecule has 1 amide bonds. The maximum absolute atomic E-state index is 13.5. The number of carbonyl (C=O) groups excluding carboxylic acids is 2. The fourth-order valence-electron chi connectivity index (χ4n) is 4.93. The third-order valence-corrected chi connectivity index (χ3v) is 6.48. The summed E-state index contributed by atoms with van der Waals surface area (Å²) in [5.41, 5.74) is 9.80. The van der Waals surface area contributed by atoms with Crippen LogP contribution in [-0.2, 0) is 6.42 Å². The van der Waals surface area contributed by atoms with Crippen LogP contribution in [0.1, 0.15) is 77.9 Å². The molecule has 31 heavy (non-hydrogen) atoms. The van der Waals surface area contributed by atoms with Gasteiger partial charge in [0.15, 0.2) is 5.78 Å². The Morgan fingerprint density at radius 3 is 2.52 bits per heavy atom. The average molecular weight is 430 g/mol. The SMILES string of the molecule is Cc1cn(-c2ccc(C(N)=O)c(NC3CCC(F)(F)CC3)c2)c2c1C(=O)CC(C)(C)C2. The molecule has 0 unspecified atom stereocenters. The molecule has 166 valence electrons. The van der Waals surface area contributed by atoms with Crippen LogP contribution < -0.4 is 11.1 Å². The first kappa shape index (κ1) is 21.5. The molecule has 1 aromatic carbocycles. The molecule has 3 N–H and O–H groups in total. The Hall–Kier alpha value is -2.70. The van der Waals surface area contributed by atoms with E-state index in [1.165, 1.54) is 0 Å². The van der Waals surface area contributed by atoms with Crippen molar-refractivity contribution in [2.75, 3.05) is 5.32 Å². The van der Waals surface area contributed by atoms with Crippen LogP contribution in [0.4, 0.5) is 14.5 Å². The van der Waals surface area contributed by atoms with Crippen molar-refractivity contribution in [1.29, 1.82) is 0 Å². The molecule has 2 aliphatic rings. The molecule has 1 saturated carbocycles. The molecule has 7 heteroatoms. The second-order valence-electron chi connectivity index (χ2n) is 9.81. The van der Waals surface area contributed by atoms with E-state index in [-0.39, 0.29) is 30.1 Å². The van der Waals surface area contributed by atoms with Crippen molar-refractivity contribution in [2.45, 2.75) is 71.3 Å². The van der Waals surface area contributed by atoms with Gasteiger partial charge in [0.25, 0.3) is 5.91 Å². The van der Waals surface area contributed by atoms with Gasteiger partial charge in [-0.3, -0.25) is 9.59 Å². The Labute approximate surface area is 181 Å². The molecule has 1 heterocycles. The topological polar surface area (TPSA) is 77.1 Å². The minimum absolute atomic E-state index is 0.131. The van der Waals surface area contributed by atoms with Gasteiger partial charge in [0, 0.05) is 54.1 Å². The van der Waals surface area contributed by atoms with Crippen LogP contribution in [0, 0.1) is 12.3 Å². The predicted molar refractivity (Wildman–Crippen MR) is 116 cm³/mol. The fourth-order valence-corrected chi connectivity index (χ4v) is 4.93. The molecule has 5 nitrogen and oxygen atoms in total.